The number of fused-ring (bicyclic) bond motifs is 1. The van der Waals surface area contributed by atoms with Crippen LogP contribution >= 0.6 is 0 Å². The number of piperidine rings is 1. The predicted octanol–water partition coefficient (Wildman–Crippen LogP) is 1.78. The van der Waals surface area contributed by atoms with Gasteiger partial charge in [-0.15, -0.1) is 0 Å². The first-order valence-electron chi connectivity index (χ1n) is 8.77. The van der Waals surface area contributed by atoms with Crippen LogP contribution in [0.5, 0.6) is 5.75 Å². The fourth-order valence-electron chi connectivity index (χ4n) is 3.35. The summed E-state index contributed by atoms with van der Waals surface area (Å²) in [4.78, 5) is 14.7. The second-order valence-electron chi connectivity index (χ2n) is 6.46. The van der Waals surface area contributed by atoms with Crippen molar-refractivity contribution in [1.82, 2.24) is 10.6 Å². The summed E-state index contributed by atoms with van der Waals surface area (Å²) in [5, 5.41) is 6.37. The molecule has 1 atom stereocenters. The van der Waals surface area contributed by atoms with Gasteiger partial charge in [0.15, 0.2) is 6.10 Å². The first kappa shape index (κ1) is 16.1. The summed E-state index contributed by atoms with van der Waals surface area (Å²) in [6.45, 7) is 6.58. The van der Waals surface area contributed by atoms with Gasteiger partial charge in [-0.1, -0.05) is 19.1 Å². The Morgan fingerprint density at radius 1 is 1.35 bits per heavy atom. The highest BCUT2D eigenvalue weighted by Crippen LogP contribution is 2.34. The maximum Gasteiger partial charge on any atom is 0.262 e. The number of carbonyl (C=O) groups is 1. The summed E-state index contributed by atoms with van der Waals surface area (Å²) in [5.41, 5.74) is 1.12. The van der Waals surface area contributed by atoms with Gasteiger partial charge < -0.3 is 20.3 Å². The van der Waals surface area contributed by atoms with E-state index >= 15 is 0 Å². The summed E-state index contributed by atoms with van der Waals surface area (Å²) >= 11 is 0. The van der Waals surface area contributed by atoms with Crippen molar-refractivity contribution in [2.24, 2.45) is 5.92 Å². The Hall–Kier alpha value is -1.75. The number of anilines is 1. The van der Waals surface area contributed by atoms with E-state index < -0.39 is 6.10 Å². The van der Waals surface area contributed by atoms with E-state index in [1.54, 1.807) is 0 Å². The zero-order valence-electron chi connectivity index (χ0n) is 13.9. The van der Waals surface area contributed by atoms with Gasteiger partial charge in [0.1, 0.15) is 5.75 Å². The van der Waals surface area contributed by atoms with Gasteiger partial charge in [0, 0.05) is 13.1 Å². The predicted molar refractivity (Wildman–Crippen MR) is 92.0 cm³/mol. The molecule has 2 aliphatic heterocycles. The molecule has 1 amide bonds. The number of carbonyl (C=O) groups excluding carboxylic acids is 1. The first-order valence-corrected chi connectivity index (χ1v) is 8.77. The molecule has 1 saturated heterocycles. The Morgan fingerprint density at radius 3 is 2.91 bits per heavy atom. The van der Waals surface area contributed by atoms with Crippen molar-refractivity contribution in [3.05, 3.63) is 24.3 Å². The van der Waals surface area contributed by atoms with Gasteiger partial charge in [-0.05, 0) is 50.4 Å². The van der Waals surface area contributed by atoms with Crippen molar-refractivity contribution in [3.8, 4) is 5.75 Å². The highest BCUT2D eigenvalue weighted by Gasteiger charge is 2.31. The summed E-state index contributed by atoms with van der Waals surface area (Å²) < 4.78 is 5.94. The molecule has 0 saturated carbocycles. The van der Waals surface area contributed by atoms with E-state index in [1.807, 2.05) is 18.2 Å². The summed E-state index contributed by atoms with van der Waals surface area (Å²) in [5.74, 6) is 1.50. The maximum atomic E-state index is 12.3. The fourth-order valence-corrected chi connectivity index (χ4v) is 3.35. The molecule has 1 aromatic carbocycles. The SMILES string of the molecule is CCCNC(=O)C1CN(CC2CCNCC2)c2ccccc2O1. The zero-order valence-corrected chi connectivity index (χ0v) is 13.9. The van der Waals surface area contributed by atoms with E-state index in [0.29, 0.717) is 19.0 Å². The third-order valence-electron chi connectivity index (χ3n) is 4.64. The molecule has 2 N–H and O–H groups in total. The molecular weight excluding hydrogens is 290 g/mol. The van der Waals surface area contributed by atoms with E-state index in [2.05, 4.69) is 28.5 Å². The summed E-state index contributed by atoms with van der Waals surface area (Å²) in [7, 11) is 0. The second-order valence-corrected chi connectivity index (χ2v) is 6.46. The Kier molecular flexibility index (Phi) is 5.39. The molecule has 126 valence electrons. The number of para-hydroxylation sites is 2. The third kappa shape index (κ3) is 3.96. The molecule has 3 rings (SSSR count). The number of rotatable bonds is 5. The molecule has 1 fully saturated rings. The van der Waals surface area contributed by atoms with Crippen LogP contribution in [0.2, 0.25) is 0 Å². The highest BCUT2D eigenvalue weighted by molar-refractivity contribution is 5.83. The number of amides is 1. The largest absolute Gasteiger partial charge is 0.477 e. The molecule has 23 heavy (non-hydrogen) atoms. The van der Waals surface area contributed by atoms with Crippen LogP contribution in [0.15, 0.2) is 24.3 Å². The van der Waals surface area contributed by atoms with Gasteiger partial charge in [0.25, 0.3) is 5.91 Å². The van der Waals surface area contributed by atoms with E-state index in [1.165, 1.54) is 12.8 Å². The van der Waals surface area contributed by atoms with Gasteiger partial charge in [0.2, 0.25) is 0 Å². The number of nitrogens with zero attached hydrogens (tertiary/aromatic N) is 1. The van der Waals surface area contributed by atoms with Crippen LogP contribution < -0.4 is 20.3 Å². The molecule has 0 aromatic heterocycles. The standard InChI is InChI=1S/C18H27N3O2/c1-2-9-20-18(22)17-13-21(12-14-7-10-19-11-8-14)15-5-3-4-6-16(15)23-17/h3-6,14,17,19H,2,7-13H2,1H3,(H,20,22). The molecular formula is C18H27N3O2. The van der Waals surface area contributed by atoms with Crippen LogP contribution in [0, 0.1) is 5.92 Å². The fraction of sp³-hybridized carbons (Fsp3) is 0.611. The zero-order chi connectivity index (χ0) is 16.1. The number of hydrogen-bond donors (Lipinski definition) is 2. The summed E-state index contributed by atoms with van der Waals surface area (Å²) in [6.07, 6.45) is 2.92. The van der Waals surface area contributed by atoms with Crippen molar-refractivity contribution >= 4 is 11.6 Å². The van der Waals surface area contributed by atoms with Crippen molar-refractivity contribution in [1.29, 1.82) is 0 Å². The Balaban J connectivity index is 1.72. The lowest BCUT2D eigenvalue weighted by Gasteiger charge is -2.38. The minimum absolute atomic E-state index is 0.00309. The molecule has 0 radical (unpaired) electrons. The van der Waals surface area contributed by atoms with Gasteiger partial charge in [-0.25, -0.2) is 0 Å². The number of benzene rings is 1. The third-order valence-corrected chi connectivity index (χ3v) is 4.64. The van der Waals surface area contributed by atoms with Crippen LogP contribution in [0.4, 0.5) is 5.69 Å². The van der Waals surface area contributed by atoms with Gasteiger partial charge in [-0.3, -0.25) is 4.79 Å². The monoisotopic (exact) mass is 317 g/mol. The average molecular weight is 317 g/mol. The minimum Gasteiger partial charge on any atom is -0.477 e. The normalized spacial score (nSPS) is 21.4. The topological polar surface area (TPSA) is 53.6 Å². The van der Waals surface area contributed by atoms with Crippen molar-refractivity contribution in [3.63, 3.8) is 0 Å². The number of ether oxygens (including phenoxy) is 1. The molecule has 2 aliphatic rings. The van der Waals surface area contributed by atoms with E-state index in [-0.39, 0.29) is 5.91 Å². The minimum atomic E-state index is -0.418. The quantitative estimate of drug-likeness (QED) is 0.869. The van der Waals surface area contributed by atoms with Crippen LogP contribution in [0.1, 0.15) is 26.2 Å². The highest BCUT2D eigenvalue weighted by atomic mass is 16.5. The molecule has 1 unspecified atom stereocenters. The molecule has 0 aliphatic carbocycles. The van der Waals surface area contributed by atoms with Gasteiger partial charge >= 0.3 is 0 Å². The average Bonchev–Trinajstić information content (AvgIpc) is 2.60. The van der Waals surface area contributed by atoms with Crippen molar-refractivity contribution in [2.45, 2.75) is 32.3 Å². The summed E-state index contributed by atoms with van der Waals surface area (Å²) in [6, 6.07) is 8.06. The first-order chi connectivity index (χ1) is 11.3. The molecule has 0 bridgehead atoms. The Bertz CT molecular complexity index is 529. The van der Waals surface area contributed by atoms with E-state index in [0.717, 1.165) is 37.5 Å². The van der Waals surface area contributed by atoms with Crippen LogP contribution in [0.3, 0.4) is 0 Å². The smallest absolute Gasteiger partial charge is 0.262 e. The second kappa shape index (κ2) is 7.68. The maximum absolute atomic E-state index is 12.3. The Labute approximate surface area is 138 Å². The Morgan fingerprint density at radius 2 is 2.13 bits per heavy atom. The van der Waals surface area contributed by atoms with Crippen LogP contribution in [0.25, 0.3) is 0 Å². The molecule has 0 spiro atoms. The van der Waals surface area contributed by atoms with E-state index in [9.17, 15) is 4.79 Å². The van der Waals surface area contributed by atoms with Crippen LogP contribution in [-0.4, -0.2) is 44.7 Å². The molecule has 5 heteroatoms. The molecule has 2 heterocycles. The lowest BCUT2D eigenvalue weighted by atomic mass is 9.96. The lowest BCUT2D eigenvalue weighted by Crippen LogP contribution is -2.50. The molecule has 1 aromatic rings. The van der Waals surface area contributed by atoms with Crippen LogP contribution in [-0.2, 0) is 4.79 Å². The number of hydrogen-bond acceptors (Lipinski definition) is 4. The van der Waals surface area contributed by atoms with E-state index in [4.69, 9.17) is 4.74 Å². The van der Waals surface area contributed by atoms with Gasteiger partial charge in [-0.2, -0.15) is 0 Å². The van der Waals surface area contributed by atoms with Gasteiger partial charge in [0.05, 0.1) is 12.2 Å². The molecule has 5 nitrogen and oxygen atoms in total. The van der Waals surface area contributed by atoms with Crippen molar-refractivity contribution in [2.75, 3.05) is 37.6 Å². The lowest BCUT2D eigenvalue weighted by molar-refractivity contribution is -0.127. The number of nitrogens with one attached hydrogen (secondary N) is 2. The van der Waals surface area contributed by atoms with Crippen molar-refractivity contribution < 1.29 is 9.53 Å².